The van der Waals surface area contributed by atoms with Crippen molar-refractivity contribution in [1.82, 2.24) is 0 Å². The number of fused-ring (bicyclic) bond motifs is 3. The third kappa shape index (κ3) is 4.78. The van der Waals surface area contributed by atoms with Crippen molar-refractivity contribution in [1.29, 1.82) is 0 Å². The molecule has 2 bridgehead atoms. The summed E-state index contributed by atoms with van der Waals surface area (Å²) in [4.78, 5) is 79.9. The number of rotatable bonds is 6. The molecule has 4 aliphatic carbocycles. The van der Waals surface area contributed by atoms with E-state index in [4.69, 9.17) is 23.4 Å². The molecule has 0 radical (unpaired) electrons. The number of hydrogen-bond acceptors (Lipinski definition) is 13. The van der Waals surface area contributed by atoms with Crippen molar-refractivity contribution in [3.8, 4) is 0 Å². The van der Waals surface area contributed by atoms with Gasteiger partial charge < -0.3 is 28.5 Å². The van der Waals surface area contributed by atoms with Crippen molar-refractivity contribution in [3.05, 3.63) is 64.1 Å². The first-order valence-corrected chi connectivity index (χ1v) is 17.1. The molecule has 12 atom stereocenters. The Labute approximate surface area is 293 Å². The van der Waals surface area contributed by atoms with Crippen LogP contribution < -0.4 is 0 Å². The summed E-state index contributed by atoms with van der Waals surface area (Å²) in [5.41, 5.74) is -4.66. The molecule has 1 saturated heterocycles. The molecule has 1 N–H and O–H groups in total. The first-order chi connectivity index (χ1) is 24.0. The van der Waals surface area contributed by atoms with Gasteiger partial charge in [0.15, 0.2) is 11.9 Å². The number of hydrogen-bond donors (Lipinski definition) is 1. The lowest BCUT2D eigenvalue weighted by atomic mass is 9.33. The average Bonchev–Trinajstić information content (AvgIpc) is 3.68. The van der Waals surface area contributed by atoms with Crippen LogP contribution in [0.15, 0.2) is 47.3 Å². The van der Waals surface area contributed by atoms with E-state index in [1.807, 2.05) is 6.92 Å². The van der Waals surface area contributed by atoms with Gasteiger partial charge in [-0.05, 0) is 36.1 Å². The molecule has 4 saturated carbocycles. The number of ketones is 2. The van der Waals surface area contributed by atoms with E-state index in [0.29, 0.717) is 5.56 Å². The second kappa shape index (κ2) is 11.8. The van der Waals surface area contributed by atoms with Crippen molar-refractivity contribution >= 4 is 35.2 Å². The Morgan fingerprint density at radius 2 is 1.59 bits per heavy atom. The maximum Gasteiger partial charge on any atom is 0.338 e. The zero-order chi connectivity index (χ0) is 36.8. The topological polar surface area (TPSA) is 199 Å². The first kappa shape index (κ1) is 35.0. The Morgan fingerprint density at radius 1 is 0.902 bits per heavy atom. The van der Waals surface area contributed by atoms with E-state index >= 15 is 4.79 Å². The number of furan rings is 1. The Kier molecular flexibility index (Phi) is 8.10. The number of Topliss-reactive ketones (excluding diaryl/α,β-unsaturated/α-hetero) is 2. The highest BCUT2D eigenvalue weighted by molar-refractivity contribution is 5.98. The van der Waals surface area contributed by atoms with Gasteiger partial charge in [-0.2, -0.15) is 0 Å². The Hall–Kier alpha value is -4.43. The van der Waals surface area contributed by atoms with Crippen molar-refractivity contribution in [2.45, 2.75) is 84.2 Å². The van der Waals surface area contributed by atoms with Gasteiger partial charge in [0, 0.05) is 78.2 Å². The quantitative estimate of drug-likeness (QED) is 0.196. The Balaban J connectivity index is 1.44. The van der Waals surface area contributed by atoms with E-state index in [0.717, 1.165) is 0 Å². The van der Waals surface area contributed by atoms with Crippen molar-refractivity contribution in [2.24, 2.45) is 39.4 Å². The highest BCUT2D eigenvalue weighted by Gasteiger charge is 2.82. The summed E-state index contributed by atoms with van der Waals surface area (Å²) in [5.74, 6) is -6.34. The monoisotopic (exact) mass is 707 g/mol. The van der Waals surface area contributed by atoms with E-state index in [1.54, 1.807) is 19.9 Å². The number of ether oxygens (including phenoxy) is 4. The van der Waals surface area contributed by atoms with Gasteiger partial charge in [0.25, 0.3) is 5.69 Å². The smallest absolute Gasteiger partial charge is 0.338 e. The molecule has 14 heteroatoms. The van der Waals surface area contributed by atoms with Gasteiger partial charge in [-0.25, -0.2) is 4.79 Å². The van der Waals surface area contributed by atoms with E-state index in [9.17, 15) is 34.4 Å². The van der Waals surface area contributed by atoms with Crippen molar-refractivity contribution in [3.63, 3.8) is 0 Å². The van der Waals surface area contributed by atoms with Gasteiger partial charge >= 0.3 is 17.9 Å². The molecular weight excluding hydrogens is 666 g/mol. The highest BCUT2D eigenvalue weighted by Crippen LogP contribution is 2.75. The predicted octanol–water partition coefficient (Wildman–Crippen LogP) is 3.97. The van der Waals surface area contributed by atoms with Crippen LogP contribution in [0.25, 0.3) is 0 Å². The SMILES string of the molecule is CC(=O)O[C@@H]1C[C@H](O)[C@@]23COC[C@]1(C)[C@@H]2C[C@@H](OC(=O)c1ccc([N+](=O)[O-])cc1)[C@@]1(C)[C@@H]2C(=O)C[C@@H](c4ccoc4)[C@]2(C)[C@@H](OC(C)=O)C(=O)[C@@H]13. The third-order valence-corrected chi connectivity index (χ3v) is 13.2. The summed E-state index contributed by atoms with van der Waals surface area (Å²) in [6.45, 7) is 7.85. The lowest BCUT2D eigenvalue weighted by Crippen LogP contribution is -2.79. The minimum absolute atomic E-state index is 0.00515. The maximum atomic E-state index is 15.5. The van der Waals surface area contributed by atoms with Gasteiger partial charge in [0.2, 0.25) is 0 Å². The number of esters is 3. The van der Waals surface area contributed by atoms with Crippen molar-refractivity contribution in [2.75, 3.05) is 13.2 Å². The number of nitro groups is 1. The fourth-order valence-electron chi connectivity index (χ4n) is 11.4. The summed E-state index contributed by atoms with van der Waals surface area (Å²) in [6.07, 6.45) is -1.61. The van der Waals surface area contributed by atoms with Crippen LogP contribution in [0.5, 0.6) is 0 Å². The molecule has 2 aromatic rings. The molecule has 51 heavy (non-hydrogen) atoms. The largest absolute Gasteiger partial charge is 0.472 e. The Morgan fingerprint density at radius 3 is 2.20 bits per heavy atom. The van der Waals surface area contributed by atoms with Crippen LogP contribution in [0.3, 0.4) is 0 Å². The standard InChI is InChI=1S/C37H41NO13/c1-18(39)49-27-14-26(42)37-17-48-16-34(27,3)25(37)13-28(51-33(44)20-6-8-22(9-7-20)38(45)46)36(5)30-24(41)12-23(21-10-11-47-15-21)35(30,4)32(50-19(2)40)29(43)31(36)37/h6-11,15,23,25-28,30-32,42H,12-14,16-17H2,1-5H3/t23-,25-,26-,27+,28+,30+,31-,32-,34+,35-,36-,37+/m0/s1. The fourth-order valence-corrected chi connectivity index (χ4v) is 11.4. The zero-order valence-corrected chi connectivity index (χ0v) is 29.0. The highest BCUT2D eigenvalue weighted by atomic mass is 16.6. The first-order valence-electron chi connectivity index (χ1n) is 17.1. The molecule has 14 nitrogen and oxygen atoms in total. The van der Waals surface area contributed by atoms with E-state index < -0.39 is 98.4 Å². The minimum Gasteiger partial charge on any atom is -0.472 e. The van der Waals surface area contributed by atoms with Crippen molar-refractivity contribution < 1.29 is 57.4 Å². The number of nitrogens with zero attached hydrogens (tertiary/aromatic N) is 1. The molecule has 1 aromatic heterocycles. The minimum atomic E-state index is -1.47. The molecule has 5 fully saturated rings. The van der Waals surface area contributed by atoms with Crippen LogP contribution >= 0.6 is 0 Å². The van der Waals surface area contributed by atoms with Crippen LogP contribution in [-0.4, -0.2) is 77.1 Å². The normalized spacial score (nSPS) is 41.1. The van der Waals surface area contributed by atoms with Crippen LogP contribution in [-0.2, 0) is 38.1 Å². The molecule has 0 spiro atoms. The van der Waals surface area contributed by atoms with Crippen LogP contribution in [0.2, 0.25) is 0 Å². The lowest BCUT2D eigenvalue weighted by molar-refractivity contribution is -0.384. The third-order valence-electron chi connectivity index (χ3n) is 13.2. The van der Waals surface area contributed by atoms with Gasteiger partial charge in [-0.1, -0.05) is 20.8 Å². The molecule has 1 aromatic carbocycles. The molecule has 1 aliphatic heterocycles. The van der Waals surface area contributed by atoms with Gasteiger partial charge in [0.05, 0.1) is 42.3 Å². The van der Waals surface area contributed by atoms with E-state index in [2.05, 4.69) is 0 Å². The van der Waals surface area contributed by atoms with E-state index in [1.165, 1.54) is 50.6 Å². The predicted molar refractivity (Wildman–Crippen MR) is 173 cm³/mol. The summed E-state index contributed by atoms with van der Waals surface area (Å²) in [5, 5.41) is 23.5. The lowest BCUT2D eigenvalue weighted by Gasteiger charge is -2.72. The number of carbonyl (C=O) groups excluding carboxylic acids is 5. The molecule has 272 valence electrons. The summed E-state index contributed by atoms with van der Waals surface area (Å²) >= 11 is 0. The molecule has 7 rings (SSSR count). The van der Waals surface area contributed by atoms with Gasteiger partial charge in [-0.3, -0.25) is 29.3 Å². The molecule has 5 aliphatic rings. The number of aliphatic hydroxyl groups is 1. The van der Waals surface area contributed by atoms with Gasteiger partial charge in [-0.15, -0.1) is 0 Å². The number of benzene rings is 1. The summed E-state index contributed by atoms with van der Waals surface area (Å²) in [6, 6.07) is 6.62. The molecule has 0 unspecified atom stereocenters. The Bertz CT molecular complexity index is 1810. The average molecular weight is 708 g/mol. The number of non-ortho nitro benzene ring substituents is 1. The van der Waals surface area contributed by atoms with Crippen LogP contribution in [0.4, 0.5) is 5.69 Å². The molecule has 0 amide bonds. The van der Waals surface area contributed by atoms with E-state index in [-0.39, 0.29) is 49.5 Å². The summed E-state index contributed by atoms with van der Waals surface area (Å²) < 4.78 is 29.7. The molecule has 2 heterocycles. The number of nitro benzene ring substituents is 1. The fraction of sp³-hybridized carbons (Fsp3) is 0.595. The second-order valence-electron chi connectivity index (χ2n) is 15.7. The van der Waals surface area contributed by atoms with Crippen LogP contribution in [0, 0.1) is 49.5 Å². The molecular formula is C37H41NO13. The van der Waals surface area contributed by atoms with Gasteiger partial charge in [0.1, 0.15) is 18.0 Å². The summed E-state index contributed by atoms with van der Waals surface area (Å²) in [7, 11) is 0. The maximum absolute atomic E-state index is 15.5. The van der Waals surface area contributed by atoms with Crippen LogP contribution in [0.1, 0.15) is 75.7 Å². The number of carbonyl (C=O) groups is 5. The second-order valence-corrected chi connectivity index (χ2v) is 15.7. The zero-order valence-electron chi connectivity index (χ0n) is 29.0. The number of aliphatic hydroxyl groups excluding tert-OH is 1.